The van der Waals surface area contributed by atoms with E-state index < -0.39 is 0 Å². The Bertz CT molecular complexity index is 548. The maximum Gasteiger partial charge on any atom is 0.227 e. The molecule has 2 aromatic rings. The topological polar surface area (TPSA) is 20.3 Å². The smallest absolute Gasteiger partial charge is 0.227 e. The van der Waals surface area contributed by atoms with Gasteiger partial charge in [-0.2, -0.15) is 0 Å². The Morgan fingerprint density at radius 2 is 1.79 bits per heavy atom. The van der Waals surface area contributed by atoms with Crippen LogP contribution in [0.1, 0.15) is 17.5 Å². The van der Waals surface area contributed by atoms with E-state index in [1.807, 2.05) is 43.4 Å². The van der Waals surface area contributed by atoms with Crippen molar-refractivity contribution >= 4 is 11.6 Å². The van der Waals surface area contributed by atoms with Crippen molar-refractivity contribution in [1.29, 1.82) is 0 Å². The molecule has 0 radical (unpaired) electrons. The Morgan fingerprint density at radius 3 is 2.47 bits per heavy atom. The van der Waals surface area contributed by atoms with E-state index in [1.165, 1.54) is 11.1 Å². The van der Waals surface area contributed by atoms with Gasteiger partial charge in [0, 0.05) is 19.2 Å². The molecular formula is C17H19NO. The molecule has 2 heteroatoms. The van der Waals surface area contributed by atoms with Gasteiger partial charge in [0.25, 0.3) is 0 Å². The second-order valence-electron chi connectivity index (χ2n) is 4.78. The molecular weight excluding hydrogens is 234 g/mol. The number of para-hydroxylation sites is 1. The Morgan fingerprint density at radius 1 is 1.05 bits per heavy atom. The zero-order chi connectivity index (χ0) is 13.7. The van der Waals surface area contributed by atoms with Crippen LogP contribution in [-0.2, 0) is 11.2 Å². The number of carbonyl (C=O) groups is 1. The molecule has 0 aliphatic carbocycles. The number of hydrogen-bond acceptors (Lipinski definition) is 1. The Balaban J connectivity index is 1.95. The predicted octanol–water partition coefficient (Wildman–Crippen LogP) is 3.59. The lowest BCUT2D eigenvalue weighted by Crippen LogP contribution is -2.26. The van der Waals surface area contributed by atoms with Crippen LogP contribution >= 0.6 is 0 Å². The molecule has 0 fully saturated rings. The second-order valence-corrected chi connectivity index (χ2v) is 4.78. The average molecular weight is 253 g/mol. The molecule has 0 bridgehead atoms. The van der Waals surface area contributed by atoms with Crippen LogP contribution in [0.5, 0.6) is 0 Å². The first-order chi connectivity index (χ1) is 9.16. The third-order valence-electron chi connectivity index (χ3n) is 3.23. The fourth-order valence-corrected chi connectivity index (χ4v) is 2.08. The van der Waals surface area contributed by atoms with Crippen LogP contribution < -0.4 is 4.90 Å². The zero-order valence-electron chi connectivity index (χ0n) is 11.5. The first-order valence-corrected chi connectivity index (χ1v) is 6.54. The molecule has 0 aromatic heterocycles. The summed E-state index contributed by atoms with van der Waals surface area (Å²) in [5.41, 5.74) is 3.40. The summed E-state index contributed by atoms with van der Waals surface area (Å²) in [4.78, 5) is 13.8. The third kappa shape index (κ3) is 3.68. The van der Waals surface area contributed by atoms with Gasteiger partial charge in [0.15, 0.2) is 0 Å². The molecule has 0 atom stereocenters. The number of benzene rings is 2. The summed E-state index contributed by atoms with van der Waals surface area (Å²) in [7, 11) is 1.83. The van der Waals surface area contributed by atoms with Gasteiger partial charge in [-0.05, 0) is 31.0 Å². The van der Waals surface area contributed by atoms with Gasteiger partial charge in [-0.1, -0.05) is 48.0 Å². The van der Waals surface area contributed by atoms with Gasteiger partial charge in [0.2, 0.25) is 5.91 Å². The summed E-state index contributed by atoms with van der Waals surface area (Å²) in [5.74, 6) is 0.146. The molecule has 0 spiro atoms. The SMILES string of the molecule is Cc1cccc(CCC(=O)N(C)c2ccccc2)c1. The normalized spacial score (nSPS) is 10.2. The number of anilines is 1. The predicted molar refractivity (Wildman–Crippen MR) is 79.4 cm³/mol. The number of aryl methyl sites for hydroxylation is 2. The molecule has 1 amide bonds. The minimum Gasteiger partial charge on any atom is -0.315 e. The van der Waals surface area contributed by atoms with Gasteiger partial charge in [-0.3, -0.25) is 4.79 Å². The van der Waals surface area contributed by atoms with Crippen molar-refractivity contribution < 1.29 is 4.79 Å². The van der Waals surface area contributed by atoms with Gasteiger partial charge in [0.1, 0.15) is 0 Å². The van der Waals surface area contributed by atoms with E-state index in [9.17, 15) is 4.79 Å². The molecule has 0 saturated carbocycles. The highest BCUT2D eigenvalue weighted by atomic mass is 16.2. The quantitative estimate of drug-likeness (QED) is 0.815. The minimum atomic E-state index is 0.146. The van der Waals surface area contributed by atoms with E-state index >= 15 is 0 Å². The van der Waals surface area contributed by atoms with Gasteiger partial charge >= 0.3 is 0 Å². The van der Waals surface area contributed by atoms with Crippen LogP contribution in [0.15, 0.2) is 54.6 Å². The Hall–Kier alpha value is -2.09. The van der Waals surface area contributed by atoms with Crippen LogP contribution in [0.4, 0.5) is 5.69 Å². The first kappa shape index (κ1) is 13.3. The number of nitrogens with zero attached hydrogens (tertiary/aromatic N) is 1. The largest absolute Gasteiger partial charge is 0.315 e. The molecule has 2 aromatic carbocycles. The average Bonchev–Trinajstić information content (AvgIpc) is 2.45. The number of carbonyl (C=O) groups excluding carboxylic acids is 1. The van der Waals surface area contributed by atoms with Crippen LogP contribution in [-0.4, -0.2) is 13.0 Å². The Kier molecular flexibility index (Phi) is 4.35. The lowest BCUT2D eigenvalue weighted by molar-refractivity contribution is -0.118. The summed E-state index contributed by atoms with van der Waals surface area (Å²) < 4.78 is 0. The van der Waals surface area contributed by atoms with E-state index in [1.54, 1.807) is 4.90 Å². The standard InChI is InChI=1S/C17H19NO/c1-14-7-6-8-15(13-14)11-12-17(19)18(2)16-9-4-3-5-10-16/h3-10,13H,11-12H2,1-2H3. The van der Waals surface area contributed by atoms with Crippen molar-refractivity contribution in [2.24, 2.45) is 0 Å². The van der Waals surface area contributed by atoms with Crippen LogP contribution in [0, 0.1) is 6.92 Å². The van der Waals surface area contributed by atoms with Crippen LogP contribution in [0.2, 0.25) is 0 Å². The number of amides is 1. The van der Waals surface area contributed by atoms with Gasteiger partial charge in [0.05, 0.1) is 0 Å². The monoisotopic (exact) mass is 253 g/mol. The van der Waals surface area contributed by atoms with Crippen LogP contribution in [0.25, 0.3) is 0 Å². The fraction of sp³-hybridized carbons (Fsp3) is 0.235. The molecule has 2 rings (SSSR count). The second kappa shape index (κ2) is 6.19. The number of hydrogen-bond donors (Lipinski definition) is 0. The lowest BCUT2D eigenvalue weighted by Gasteiger charge is -2.17. The molecule has 0 heterocycles. The van der Waals surface area contributed by atoms with Gasteiger partial charge in [-0.15, -0.1) is 0 Å². The highest BCUT2D eigenvalue weighted by molar-refractivity contribution is 5.92. The summed E-state index contributed by atoms with van der Waals surface area (Å²) >= 11 is 0. The molecule has 0 N–H and O–H groups in total. The molecule has 0 aliphatic rings. The maximum absolute atomic E-state index is 12.1. The van der Waals surface area contributed by atoms with E-state index in [2.05, 4.69) is 25.1 Å². The van der Waals surface area contributed by atoms with Crippen molar-refractivity contribution in [1.82, 2.24) is 0 Å². The van der Waals surface area contributed by atoms with Gasteiger partial charge in [-0.25, -0.2) is 0 Å². The molecule has 0 aliphatic heterocycles. The molecule has 19 heavy (non-hydrogen) atoms. The molecule has 0 unspecified atom stereocenters. The molecule has 98 valence electrons. The van der Waals surface area contributed by atoms with Crippen molar-refractivity contribution in [2.75, 3.05) is 11.9 Å². The summed E-state index contributed by atoms with van der Waals surface area (Å²) in [6.45, 7) is 2.07. The molecule has 2 nitrogen and oxygen atoms in total. The number of rotatable bonds is 4. The molecule has 0 saturated heterocycles. The van der Waals surface area contributed by atoms with E-state index in [0.717, 1.165) is 12.1 Å². The first-order valence-electron chi connectivity index (χ1n) is 6.54. The maximum atomic E-state index is 12.1. The summed E-state index contributed by atoms with van der Waals surface area (Å²) in [6.07, 6.45) is 1.33. The highest BCUT2D eigenvalue weighted by Crippen LogP contribution is 2.13. The van der Waals surface area contributed by atoms with Crippen molar-refractivity contribution in [3.05, 3.63) is 65.7 Å². The Labute approximate surface area is 114 Å². The summed E-state index contributed by atoms with van der Waals surface area (Å²) in [5, 5.41) is 0. The van der Waals surface area contributed by atoms with Crippen molar-refractivity contribution in [3.63, 3.8) is 0 Å². The van der Waals surface area contributed by atoms with Crippen molar-refractivity contribution in [2.45, 2.75) is 19.8 Å². The summed E-state index contributed by atoms with van der Waals surface area (Å²) in [6, 6.07) is 18.1. The zero-order valence-corrected chi connectivity index (χ0v) is 11.5. The van der Waals surface area contributed by atoms with E-state index in [0.29, 0.717) is 6.42 Å². The third-order valence-corrected chi connectivity index (χ3v) is 3.23. The highest BCUT2D eigenvalue weighted by Gasteiger charge is 2.10. The fourth-order valence-electron chi connectivity index (χ4n) is 2.08. The lowest BCUT2D eigenvalue weighted by atomic mass is 10.1. The minimum absolute atomic E-state index is 0.146. The van der Waals surface area contributed by atoms with E-state index in [4.69, 9.17) is 0 Å². The van der Waals surface area contributed by atoms with E-state index in [-0.39, 0.29) is 5.91 Å². The van der Waals surface area contributed by atoms with Crippen molar-refractivity contribution in [3.8, 4) is 0 Å². The van der Waals surface area contributed by atoms with Gasteiger partial charge < -0.3 is 4.90 Å². The van der Waals surface area contributed by atoms with Crippen LogP contribution in [0.3, 0.4) is 0 Å².